The normalized spacial score (nSPS) is 17.5. The first-order chi connectivity index (χ1) is 16.5. The highest BCUT2D eigenvalue weighted by Gasteiger charge is 2.42. The second-order valence-corrected chi connectivity index (χ2v) is 8.49. The van der Waals surface area contributed by atoms with Crippen LogP contribution < -0.4 is 10.2 Å². The van der Waals surface area contributed by atoms with Gasteiger partial charge in [-0.1, -0.05) is 35.9 Å². The Morgan fingerprint density at radius 3 is 2.62 bits per heavy atom. The van der Waals surface area contributed by atoms with Gasteiger partial charge in [-0.25, -0.2) is 4.79 Å². The predicted molar refractivity (Wildman–Crippen MR) is 135 cm³/mol. The van der Waals surface area contributed by atoms with Crippen LogP contribution in [0.25, 0.3) is 11.3 Å². The fourth-order valence-electron chi connectivity index (χ4n) is 4.21. The Kier molecular flexibility index (Phi) is 5.86. The molecule has 34 heavy (non-hydrogen) atoms. The summed E-state index contributed by atoms with van der Waals surface area (Å²) in [7, 11) is 1.37. The van der Waals surface area contributed by atoms with E-state index < -0.39 is 0 Å². The van der Waals surface area contributed by atoms with Crippen molar-refractivity contribution in [3.63, 3.8) is 0 Å². The van der Waals surface area contributed by atoms with Gasteiger partial charge in [-0.3, -0.25) is 4.98 Å². The van der Waals surface area contributed by atoms with Crippen molar-refractivity contribution < 1.29 is 13.9 Å². The van der Waals surface area contributed by atoms with Gasteiger partial charge in [0.25, 0.3) is 0 Å². The third-order valence-electron chi connectivity index (χ3n) is 5.90. The number of furan rings is 1. The molecule has 2 aromatic carbocycles. The number of rotatable bonds is 5. The number of pyridine rings is 1. The van der Waals surface area contributed by atoms with E-state index in [1.807, 2.05) is 42.5 Å². The lowest BCUT2D eigenvalue weighted by molar-refractivity contribution is 0.0601. The minimum atomic E-state index is -0.389. The maximum Gasteiger partial charge on any atom is 0.337 e. The number of benzene rings is 2. The average Bonchev–Trinajstić information content (AvgIpc) is 3.49. The Bertz CT molecular complexity index is 1330. The molecule has 0 saturated carbocycles. The lowest BCUT2D eigenvalue weighted by Gasteiger charge is -2.26. The van der Waals surface area contributed by atoms with E-state index in [9.17, 15) is 4.79 Å². The second kappa shape index (κ2) is 9.11. The smallest absolute Gasteiger partial charge is 0.337 e. The molecule has 2 atom stereocenters. The van der Waals surface area contributed by atoms with Crippen molar-refractivity contribution in [2.24, 2.45) is 0 Å². The molecular formula is C27H23N3O3S. The Morgan fingerprint density at radius 1 is 1.06 bits per heavy atom. The lowest BCUT2D eigenvalue weighted by Crippen LogP contribution is -2.29. The molecule has 1 aliphatic heterocycles. The average molecular weight is 470 g/mol. The molecule has 4 aromatic rings. The van der Waals surface area contributed by atoms with Crippen LogP contribution in [-0.2, 0) is 4.74 Å². The Morgan fingerprint density at radius 2 is 1.88 bits per heavy atom. The van der Waals surface area contributed by atoms with Gasteiger partial charge in [0.2, 0.25) is 0 Å². The molecule has 0 aliphatic carbocycles. The standard InChI is InChI=1S/C27H23N3O3S/c1-17-9-11-20(12-10-17)30-25(24(29-27(30)34)21-8-3-4-15-28-21)23-14-13-22(33-23)18-6-5-7-19(16-18)26(31)32-2/h3-16,24-25H,1-2H3,(H,29,34). The Hall–Kier alpha value is -3.97. The van der Waals surface area contributed by atoms with Crippen molar-refractivity contribution in [2.75, 3.05) is 12.0 Å². The summed E-state index contributed by atoms with van der Waals surface area (Å²) in [5, 5.41) is 4.04. The van der Waals surface area contributed by atoms with Gasteiger partial charge in [0.15, 0.2) is 5.11 Å². The summed E-state index contributed by atoms with van der Waals surface area (Å²) in [6.07, 6.45) is 1.78. The SMILES string of the molecule is COC(=O)c1cccc(-c2ccc(C3C(c4ccccn4)NC(=S)N3c3ccc(C)cc3)o2)c1. The van der Waals surface area contributed by atoms with Crippen LogP contribution in [0.4, 0.5) is 5.69 Å². The number of nitrogens with one attached hydrogen (secondary N) is 1. The topological polar surface area (TPSA) is 67.6 Å². The highest BCUT2D eigenvalue weighted by atomic mass is 32.1. The van der Waals surface area contributed by atoms with E-state index in [-0.39, 0.29) is 18.1 Å². The fourth-order valence-corrected chi connectivity index (χ4v) is 4.56. The van der Waals surface area contributed by atoms with Crippen LogP contribution in [-0.4, -0.2) is 23.2 Å². The summed E-state index contributed by atoms with van der Waals surface area (Å²) in [5.74, 6) is 1.00. The molecule has 2 unspecified atom stereocenters. The molecule has 0 radical (unpaired) electrons. The zero-order chi connectivity index (χ0) is 23.7. The van der Waals surface area contributed by atoms with Crippen LogP contribution in [0.15, 0.2) is 89.5 Å². The van der Waals surface area contributed by atoms with E-state index >= 15 is 0 Å². The first-order valence-corrected chi connectivity index (χ1v) is 11.3. The van der Waals surface area contributed by atoms with Crippen molar-refractivity contribution in [3.8, 4) is 11.3 Å². The number of anilines is 1. The van der Waals surface area contributed by atoms with Gasteiger partial charge < -0.3 is 19.4 Å². The summed E-state index contributed by atoms with van der Waals surface area (Å²) in [6, 6.07) is 24.7. The van der Waals surface area contributed by atoms with E-state index in [0.717, 1.165) is 22.7 Å². The van der Waals surface area contributed by atoms with Gasteiger partial charge in [-0.2, -0.15) is 0 Å². The number of hydrogen-bond acceptors (Lipinski definition) is 5. The Labute approximate surface area is 203 Å². The number of nitrogens with zero attached hydrogens (tertiary/aromatic N) is 2. The van der Waals surface area contributed by atoms with E-state index in [1.165, 1.54) is 12.7 Å². The molecule has 5 rings (SSSR count). The number of aryl methyl sites for hydroxylation is 1. The summed E-state index contributed by atoms with van der Waals surface area (Å²) < 4.78 is 11.2. The second-order valence-electron chi connectivity index (χ2n) is 8.11. The van der Waals surface area contributed by atoms with Gasteiger partial charge in [-0.05, 0) is 67.7 Å². The number of carbonyl (C=O) groups excluding carboxylic acids is 1. The number of thiocarbonyl (C=S) groups is 1. The van der Waals surface area contributed by atoms with Gasteiger partial charge >= 0.3 is 5.97 Å². The largest absolute Gasteiger partial charge is 0.465 e. The quantitative estimate of drug-likeness (QED) is 0.301. The first kappa shape index (κ1) is 21.9. The highest BCUT2D eigenvalue weighted by Crippen LogP contribution is 2.43. The summed E-state index contributed by atoms with van der Waals surface area (Å²) >= 11 is 5.76. The molecule has 170 valence electrons. The van der Waals surface area contributed by atoms with Crippen LogP contribution in [0.2, 0.25) is 0 Å². The molecule has 2 aromatic heterocycles. The van der Waals surface area contributed by atoms with Crippen LogP contribution in [0, 0.1) is 6.92 Å². The molecular weight excluding hydrogens is 446 g/mol. The number of aromatic nitrogens is 1. The van der Waals surface area contributed by atoms with Crippen molar-refractivity contribution in [1.29, 1.82) is 0 Å². The summed E-state index contributed by atoms with van der Waals surface area (Å²) in [6.45, 7) is 2.06. The third kappa shape index (κ3) is 4.06. The molecule has 0 spiro atoms. The lowest BCUT2D eigenvalue weighted by atomic mass is 10.0. The molecule has 0 bridgehead atoms. The van der Waals surface area contributed by atoms with Crippen molar-refractivity contribution in [1.82, 2.24) is 10.3 Å². The maximum atomic E-state index is 12.0. The minimum Gasteiger partial charge on any atom is -0.465 e. The number of methoxy groups -OCH3 is 1. The highest BCUT2D eigenvalue weighted by molar-refractivity contribution is 7.80. The van der Waals surface area contributed by atoms with Crippen LogP contribution >= 0.6 is 12.2 Å². The monoisotopic (exact) mass is 469 g/mol. The molecule has 1 aliphatic rings. The van der Waals surface area contributed by atoms with Crippen molar-refractivity contribution in [3.05, 3.63) is 108 Å². The number of esters is 1. The fraction of sp³-hybridized carbons (Fsp3) is 0.148. The Balaban J connectivity index is 1.57. The van der Waals surface area contributed by atoms with Gasteiger partial charge in [0.05, 0.1) is 24.4 Å². The molecule has 3 heterocycles. The van der Waals surface area contributed by atoms with Crippen LogP contribution in [0.1, 0.15) is 39.5 Å². The predicted octanol–water partition coefficient (Wildman–Crippen LogP) is 5.61. The molecule has 1 saturated heterocycles. The maximum absolute atomic E-state index is 12.0. The van der Waals surface area contributed by atoms with Crippen molar-refractivity contribution in [2.45, 2.75) is 19.0 Å². The molecule has 1 N–H and O–H groups in total. The van der Waals surface area contributed by atoms with E-state index in [1.54, 1.807) is 18.3 Å². The van der Waals surface area contributed by atoms with Gasteiger partial charge in [0.1, 0.15) is 17.6 Å². The molecule has 6 nitrogen and oxygen atoms in total. The van der Waals surface area contributed by atoms with Gasteiger partial charge in [-0.15, -0.1) is 0 Å². The molecule has 0 amide bonds. The molecule has 7 heteroatoms. The van der Waals surface area contributed by atoms with Gasteiger partial charge in [0, 0.05) is 17.4 Å². The zero-order valence-corrected chi connectivity index (χ0v) is 19.6. The number of carbonyl (C=O) groups is 1. The van der Waals surface area contributed by atoms with E-state index in [2.05, 4.69) is 46.4 Å². The molecule has 1 fully saturated rings. The van der Waals surface area contributed by atoms with Crippen LogP contribution in [0.3, 0.4) is 0 Å². The van der Waals surface area contributed by atoms with E-state index in [0.29, 0.717) is 16.4 Å². The first-order valence-electron chi connectivity index (χ1n) is 10.9. The van der Waals surface area contributed by atoms with E-state index in [4.69, 9.17) is 21.4 Å². The van der Waals surface area contributed by atoms with Crippen molar-refractivity contribution >= 4 is 29.0 Å². The van der Waals surface area contributed by atoms with Crippen LogP contribution in [0.5, 0.6) is 0 Å². The number of hydrogen-bond donors (Lipinski definition) is 1. The minimum absolute atomic E-state index is 0.199. The third-order valence-corrected chi connectivity index (χ3v) is 6.21. The summed E-state index contributed by atoms with van der Waals surface area (Å²) in [5.41, 5.74) is 4.27. The zero-order valence-electron chi connectivity index (χ0n) is 18.8. The summed E-state index contributed by atoms with van der Waals surface area (Å²) in [4.78, 5) is 18.6. The number of ether oxygens (including phenoxy) is 1.